The lowest BCUT2D eigenvalue weighted by Crippen LogP contribution is -2.22. The van der Waals surface area contributed by atoms with Crippen LogP contribution in [-0.4, -0.2) is 45.8 Å². The Balaban J connectivity index is 1.71. The summed E-state index contributed by atoms with van der Waals surface area (Å²) in [5.41, 5.74) is 2.96. The fraction of sp³-hybridized carbons (Fsp3) is 0.318. The highest BCUT2D eigenvalue weighted by atomic mass is 32.1. The van der Waals surface area contributed by atoms with Gasteiger partial charge in [-0.05, 0) is 26.3 Å². The molecule has 2 aromatic heterocycles. The normalized spacial score (nSPS) is 10.6. The molecule has 168 valence electrons. The summed E-state index contributed by atoms with van der Waals surface area (Å²) in [5, 5.41) is 6.95. The first-order chi connectivity index (χ1) is 15.4. The highest BCUT2D eigenvalue weighted by Crippen LogP contribution is 2.40. The van der Waals surface area contributed by atoms with Crippen molar-refractivity contribution < 1.29 is 23.9 Å². The lowest BCUT2D eigenvalue weighted by atomic mass is 10.0. The molecule has 0 radical (unpaired) electrons. The fourth-order valence-corrected chi connectivity index (χ4v) is 4.11. The molecule has 1 aromatic carbocycles. The number of thiophene rings is 1. The standard InChI is InChI=1S/C22H24N4O5S/c1-4-30-22(29)20-19(16-7-5-14(2)6-8-16)15(3)32-21(20)25-17(27)11-31-18(28)9-10-26-13-23-12-24-26/h5-8,12-13H,4,9-11H2,1-3H3,(H,25,27). The van der Waals surface area contributed by atoms with Crippen molar-refractivity contribution in [3.63, 3.8) is 0 Å². The highest BCUT2D eigenvalue weighted by Gasteiger charge is 2.25. The summed E-state index contributed by atoms with van der Waals surface area (Å²) in [5.74, 6) is -1.60. The minimum absolute atomic E-state index is 0.0560. The van der Waals surface area contributed by atoms with Crippen molar-refractivity contribution in [1.82, 2.24) is 14.8 Å². The van der Waals surface area contributed by atoms with E-state index >= 15 is 0 Å². The van der Waals surface area contributed by atoms with E-state index in [0.717, 1.165) is 16.0 Å². The van der Waals surface area contributed by atoms with E-state index in [2.05, 4.69) is 15.4 Å². The van der Waals surface area contributed by atoms with Gasteiger partial charge in [0.2, 0.25) is 0 Å². The quantitative estimate of drug-likeness (QED) is 0.491. The van der Waals surface area contributed by atoms with Gasteiger partial charge >= 0.3 is 11.9 Å². The first-order valence-electron chi connectivity index (χ1n) is 10.0. The van der Waals surface area contributed by atoms with Crippen LogP contribution in [0.4, 0.5) is 5.00 Å². The predicted octanol–water partition coefficient (Wildman–Crippen LogP) is 3.37. The lowest BCUT2D eigenvalue weighted by Gasteiger charge is -2.10. The van der Waals surface area contributed by atoms with Crippen LogP contribution in [0.15, 0.2) is 36.9 Å². The van der Waals surface area contributed by atoms with Crippen molar-refractivity contribution in [3.05, 3.63) is 52.9 Å². The summed E-state index contributed by atoms with van der Waals surface area (Å²) in [6.45, 7) is 5.63. The van der Waals surface area contributed by atoms with Gasteiger partial charge in [-0.2, -0.15) is 5.10 Å². The van der Waals surface area contributed by atoms with Crippen LogP contribution >= 0.6 is 11.3 Å². The maximum absolute atomic E-state index is 12.7. The molecule has 10 heteroatoms. The maximum Gasteiger partial charge on any atom is 0.341 e. The second-order valence-electron chi connectivity index (χ2n) is 6.94. The van der Waals surface area contributed by atoms with E-state index in [1.807, 2.05) is 38.1 Å². The molecule has 0 aliphatic rings. The zero-order valence-corrected chi connectivity index (χ0v) is 18.9. The largest absolute Gasteiger partial charge is 0.462 e. The van der Waals surface area contributed by atoms with Crippen LogP contribution in [-0.2, 0) is 25.6 Å². The Morgan fingerprint density at radius 2 is 1.88 bits per heavy atom. The molecule has 0 aliphatic heterocycles. The molecular formula is C22H24N4O5S. The first kappa shape index (κ1) is 23.1. The molecule has 0 saturated heterocycles. The van der Waals surface area contributed by atoms with Gasteiger partial charge in [-0.3, -0.25) is 14.3 Å². The number of hydrogen-bond acceptors (Lipinski definition) is 8. The van der Waals surface area contributed by atoms with E-state index in [4.69, 9.17) is 9.47 Å². The minimum atomic E-state index is -0.540. The number of esters is 2. The minimum Gasteiger partial charge on any atom is -0.462 e. The molecule has 1 amide bonds. The van der Waals surface area contributed by atoms with E-state index < -0.39 is 24.5 Å². The Hall–Kier alpha value is -3.53. The Morgan fingerprint density at radius 1 is 1.12 bits per heavy atom. The molecular weight excluding hydrogens is 432 g/mol. The average molecular weight is 457 g/mol. The van der Waals surface area contributed by atoms with E-state index in [9.17, 15) is 14.4 Å². The van der Waals surface area contributed by atoms with E-state index in [0.29, 0.717) is 22.7 Å². The second kappa shape index (κ2) is 10.7. The number of carbonyl (C=O) groups is 3. The van der Waals surface area contributed by atoms with Crippen molar-refractivity contribution in [2.75, 3.05) is 18.5 Å². The topological polar surface area (TPSA) is 112 Å². The molecule has 1 N–H and O–H groups in total. The number of aryl methyl sites for hydroxylation is 3. The molecule has 0 atom stereocenters. The van der Waals surface area contributed by atoms with Crippen molar-refractivity contribution in [2.24, 2.45) is 0 Å². The molecule has 0 spiro atoms. The van der Waals surface area contributed by atoms with Crippen molar-refractivity contribution in [1.29, 1.82) is 0 Å². The predicted molar refractivity (Wildman–Crippen MR) is 119 cm³/mol. The van der Waals surface area contributed by atoms with Crippen LogP contribution in [0.2, 0.25) is 0 Å². The number of anilines is 1. The van der Waals surface area contributed by atoms with E-state index in [1.54, 1.807) is 6.92 Å². The highest BCUT2D eigenvalue weighted by molar-refractivity contribution is 7.17. The van der Waals surface area contributed by atoms with Gasteiger partial charge in [0.05, 0.1) is 19.6 Å². The van der Waals surface area contributed by atoms with Crippen molar-refractivity contribution in [2.45, 2.75) is 33.7 Å². The number of amides is 1. The fourth-order valence-electron chi connectivity index (χ4n) is 3.03. The Labute approximate surface area is 189 Å². The Bertz CT molecular complexity index is 1090. The smallest absolute Gasteiger partial charge is 0.341 e. The van der Waals surface area contributed by atoms with Gasteiger partial charge in [0.15, 0.2) is 6.61 Å². The van der Waals surface area contributed by atoms with Gasteiger partial charge in [0.25, 0.3) is 5.91 Å². The number of carbonyl (C=O) groups excluding carboxylic acids is 3. The Morgan fingerprint density at radius 3 is 2.53 bits per heavy atom. The number of nitrogens with one attached hydrogen (secondary N) is 1. The molecule has 0 aliphatic carbocycles. The number of hydrogen-bond donors (Lipinski definition) is 1. The number of benzene rings is 1. The molecule has 3 aromatic rings. The molecule has 9 nitrogen and oxygen atoms in total. The van der Waals surface area contributed by atoms with E-state index in [-0.39, 0.29) is 13.0 Å². The lowest BCUT2D eigenvalue weighted by molar-refractivity contribution is -0.147. The molecule has 3 rings (SSSR count). The van der Waals surface area contributed by atoms with Crippen molar-refractivity contribution >= 4 is 34.2 Å². The zero-order chi connectivity index (χ0) is 23.1. The molecule has 0 unspecified atom stereocenters. The van der Waals surface area contributed by atoms with Crippen LogP contribution in [0.3, 0.4) is 0 Å². The van der Waals surface area contributed by atoms with Gasteiger partial charge in [-0.15, -0.1) is 11.3 Å². The zero-order valence-electron chi connectivity index (χ0n) is 18.1. The third kappa shape index (κ3) is 5.79. The van der Waals surface area contributed by atoms with Crippen LogP contribution < -0.4 is 5.32 Å². The van der Waals surface area contributed by atoms with Crippen LogP contribution in [0.1, 0.15) is 34.1 Å². The van der Waals surface area contributed by atoms with Gasteiger partial charge < -0.3 is 14.8 Å². The third-order valence-electron chi connectivity index (χ3n) is 4.53. The summed E-state index contributed by atoms with van der Waals surface area (Å²) in [7, 11) is 0. The van der Waals surface area contributed by atoms with E-state index in [1.165, 1.54) is 28.7 Å². The summed E-state index contributed by atoms with van der Waals surface area (Å²) in [6.07, 6.45) is 2.91. The number of ether oxygens (including phenoxy) is 2. The van der Waals surface area contributed by atoms with Gasteiger partial charge in [0.1, 0.15) is 23.2 Å². The summed E-state index contributed by atoms with van der Waals surface area (Å²) in [4.78, 5) is 41.7. The van der Waals surface area contributed by atoms with Crippen LogP contribution in [0, 0.1) is 13.8 Å². The second-order valence-corrected chi connectivity index (χ2v) is 8.17. The van der Waals surface area contributed by atoms with Gasteiger partial charge in [-0.25, -0.2) is 9.78 Å². The first-order valence-corrected chi connectivity index (χ1v) is 10.9. The number of aromatic nitrogens is 3. The summed E-state index contributed by atoms with van der Waals surface area (Å²) < 4.78 is 11.8. The molecule has 0 saturated carbocycles. The summed E-state index contributed by atoms with van der Waals surface area (Å²) in [6, 6.07) is 7.77. The SMILES string of the molecule is CCOC(=O)c1c(NC(=O)COC(=O)CCn2cncn2)sc(C)c1-c1ccc(C)cc1. The number of rotatable bonds is 9. The van der Waals surface area contributed by atoms with Crippen LogP contribution in [0.5, 0.6) is 0 Å². The monoisotopic (exact) mass is 456 g/mol. The van der Waals surface area contributed by atoms with Crippen LogP contribution in [0.25, 0.3) is 11.1 Å². The van der Waals surface area contributed by atoms with Crippen molar-refractivity contribution in [3.8, 4) is 11.1 Å². The third-order valence-corrected chi connectivity index (χ3v) is 5.55. The molecule has 0 bridgehead atoms. The summed E-state index contributed by atoms with van der Waals surface area (Å²) >= 11 is 1.27. The molecule has 0 fully saturated rings. The molecule has 32 heavy (non-hydrogen) atoms. The maximum atomic E-state index is 12.7. The molecule has 2 heterocycles. The number of nitrogens with zero attached hydrogens (tertiary/aromatic N) is 3. The Kier molecular flexibility index (Phi) is 7.72. The van der Waals surface area contributed by atoms with Gasteiger partial charge in [0, 0.05) is 10.4 Å². The van der Waals surface area contributed by atoms with Gasteiger partial charge in [-0.1, -0.05) is 29.8 Å². The average Bonchev–Trinajstić information content (AvgIpc) is 3.39.